The maximum absolute atomic E-state index is 13.7. The molecule has 0 saturated carbocycles. The summed E-state index contributed by atoms with van der Waals surface area (Å²) in [6, 6.07) is 11.2. The zero-order chi connectivity index (χ0) is 14.1. The first-order valence-electron chi connectivity index (χ1n) is 6.04. The van der Waals surface area contributed by atoms with Crippen LogP contribution in [0.4, 0.5) is 4.39 Å². The number of hydrogen-bond donors (Lipinski definition) is 1. The van der Waals surface area contributed by atoms with E-state index in [9.17, 15) is 9.50 Å². The molecule has 1 aromatic heterocycles. The van der Waals surface area contributed by atoms with Gasteiger partial charge in [0.1, 0.15) is 11.6 Å². The van der Waals surface area contributed by atoms with Crippen molar-refractivity contribution in [2.45, 2.75) is 6.92 Å². The molecule has 0 fully saturated rings. The van der Waals surface area contributed by atoms with E-state index in [1.807, 2.05) is 6.92 Å². The molecule has 0 aliphatic heterocycles. The number of phenols is 1. The molecule has 3 aromatic rings. The monoisotopic (exact) mass is 270 g/mol. The summed E-state index contributed by atoms with van der Waals surface area (Å²) in [5.41, 5.74) is 1.64. The van der Waals surface area contributed by atoms with E-state index in [-0.39, 0.29) is 23.0 Å². The number of rotatable bonds is 2. The quantitative estimate of drug-likeness (QED) is 0.773. The number of phenolic OH excluding ortho intramolecular Hbond substituents is 1. The highest BCUT2D eigenvalue weighted by Crippen LogP contribution is 2.30. The third-order valence-electron chi connectivity index (χ3n) is 2.92. The molecule has 3 rings (SSSR count). The molecule has 0 saturated heterocycles. The smallest absolute Gasteiger partial charge is 0.262 e. The van der Waals surface area contributed by atoms with Crippen molar-refractivity contribution in [1.82, 2.24) is 10.1 Å². The minimum atomic E-state index is -0.423. The summed E-state index contributed by atoms with van der Waals surface area (Å²) in [4.78, 5) is 4.14. The summed E-state index contributed by atoms with van der Waals surface area (Å²) in [5, 5.41) is 13.6. The van der Waals surface area contributed by atoms with Crippen molar-refractivity contribution in [2.75, 3.05) is 0 Å². The summed E-state index contributed by atoms with van der Waals surface area (Å²) < 4.78 is 18.8. The van der Waals surface area contributed by atoms with Crippen LogP contribution in [0.2, 0.25) is 0 Å². The fourth-order valence-corrected chi connectivity index (χ4v) is 1.91. The Bertz CT molecular complexity index is 768. The number of aromatic hydroxyl groups is 1. The van der Waals surface area contributed by atoms with Crippen LogP contribution in [0.5, 0.6) is 5.75 Å². The molecule has 0 spiro atoms. The molecular formula is C15H11FN2O2. The normalized spacial score (nSPS) is 10.7. The predicted octanol–water partition coefficient (Wildman–Crippen LogP) is 3.56. The number of hydrogen-bond acceptors (Lipinski definition) is 4. The van der Waals surface area contributed by atoms with Crippen LogP contribution in [0.25, 0.3) is 22.8 Å². The average molecular weight is 270 g/mol. The Labute approximate surface area is 114 Å². The van der Waals surface area contributed by atoms with E-state index in [1.165, 1.54) is 6.07 Å². The maximum atomic E-state index is 13.7. The van der Waals surface area contributed by atoms with E-state index < -0.39 is 5.82 Å². The van der Waals surface area contributed by atoms with Gasteiger partial charge < -0.3 is 9.63 Å². The van der Waals surface area contributed by atoms with E-state index in [0.717, 1.165) is 5.56 Å². The van der Waals surface area contributed by atoms with Gasteiger partial charge in [0.15, 0.2) is 0 Å². The molecule has 4 nitrogen and oxygen atoms in total. The highest BCUT2D eigenvalue weighted by molar-refractivity contribution is 5.65. The topological polar surface area (TPSA) is 59.2 Å². The van der Waals surface area contributed by atoms with Gasteiger partial charge in [-0.2, -0.15) is 4.98 Å². The van der Waals surface area contributed by atoms with Crippen molar-refractivity contribution in [3.05, 3.63) is 53.8 Å². The van der Waals surface area contributed by atoms with Crippen molar-refractivity contribution < 1.29 is 14.0 Å². The second kappa shape index (κ2) is 4.77. The third-order valence-corrected chi connectivity index (χ3v) is 2.92. The predicted molar refractivity (Wildman–Crippen MR) is 71.5 cm³/mol. The molecule has 0 radical (unpaired) electrons. The van der Waals surface area contributed by atoms with Crippen molar-refractivity contribution in [2.24, 2.45) is 0 Å². The van der Waals surface area contributed by atoms with Crippen LogP contribution in [0.15, 0.2) is 47.0 Å². The maximum Gasteiger partial charge on any atom is 0.262 e. The van der Waals surface area contributed by atoms with Crippen LogP contribution in [-0.2, 0) is 0 Å². The van der Waals surface area contributed by atoms with E-state index in [0.29, 0.717) is 5.56 Å². The van der Waals surface area contributed by atoms with Gasteiger partial charge in [-0.25, -0.2) is 4.39 Å². The fraction of sp³-hybridized carbons (Fsp3) is 0.0667. The molecule has 0 unspecified atom stereocenters. The Morgan fingerprint density at radius 1 is 1.10 bits per heavy atom. The second-order valence-corrected chi connectivity index (χ2v) is 4.42. The van der Waals surface area contributed by atoms with Crippen molar-refractivity contribution >= 4 is 0 Å². The lowest BCUT2D eigenvalue weighted by molar-refractivity contribution is 0.425. The SMILES string of the molecule is Cc1ccc(O)c(-c2nc(-c3ccccc3F)no2)c1. The van der Waals surface area contributed by atoms with Crippen LogP contribution in [0, 0.1) is 12.7 Å². The Morgan fingerprint density at radius 3 is 2.70 bits per heavy atom. The molecule has 5 heteroatoms. The second-order valence-electron chi connectivity index (χ2n) is 4.42. The summed E-state index contributed by atoms with van der Waals surface area (Å²) in [6.07, 6.45) is 0. The van der Waals surface area contributed by atoms with Gasteiger partial charge >= 0.3 is 0 Å². The highest BCUT2D eigenvalue weighted by Gasteiger charge is 2.16. The molecule has 1 N–H and O–H groups in total. The van der Waals surface area contributed by atoms with Crippen LogP contribution >= 0.6 is 0 Å². The van der Waals surface area contributed by atoms with E-state index in [1.54, 1.807) is 36.4 Å². The molecule has 0 aliphatic carbocycles. The molecule has 2 aromatic carbocycles. The zero-order valence-electron chi connectivity index (χ0n) is 10.7. The minimum absolute atomic E-state index is 0.0410. The van der Waals surface area contributed by atoms with Gasteiger partial charge in [-0.15, -0.1) is 0 Å². The van der Waals surface area contributed by atoms with Crippen LogP contribution in [0.3, 0.4) is 0 Å². The minimum Gasteiger partial charge on any atom is -0.507 e. The third kappa shape index (κ3) is 2.14. The molecule has 0 bridgehead atoms. The van der Waals surface area contributed by atoms with Gasteiger partial charge in [0.2, 0.25) is 5.82 Å². The van der Waals surface area contributed by atoms with E-state index in [2.05, 4.69) is 10.1 Å². The van der Waals surface area contributed by atoms with E-state index in [4.69, 9.17) is 4.52 Å². The van der Waals surface area contributed by atoms with Gasteiger partial charge in [-0.3, -0.25) is 0 Å². The number of halogens is 1. The van der Waals surface area contributed by atoms with Gasteiger partial charge in [-0.05, 0) is 31.2 Å². The Morgan fingerprint density at radius 2 is 1.90 bits per heavy atom. The lowest BCUT2D eigenvalue weighted by Gasteiger charge is -2.00. The van der Waals surface area contributed by atoms with E-state index >= 15 is 0 Å². The number of aromatic nitrogens is 2. The lowest BCUT2D eigenvalue weighted by atomic mass is 10.1. The summed E-state index contributed by atoms with van der Waals surface area (Å²) in [7, 11) is 0. The first kappa shape index (κ1) is 12.3. The van der Waals surface area contributed by atoms with Gasteiger partial charge in [-0.1, -0.05) is 28.9 Å². The zero-order valence-corrected chi connectivity index (χ0v) is 10.7. The van der Waals surface area contributed by atoms with Gasteiger partial charge in [0.05, 0.1) is 11.1 Å². The largest absolute Gasteiger partial charge is 0.507 e. The number of benzene rings is 2. The van der Waals surface area contributed by atoms with Crippen molar-refractivity contribution in [3.8, 4) is 28.6 Å². The first-order chi connectivity index (χ1) is 9.65. The van der Waals surface area contributed by atoms with Crippen LogP contribution in [0.1, 0.15) is 5.56 Å². The van der Waals surface area contributed by atoms with Crippen LogP contribution in [-0.4, -0.2) is 15.2 Å². The van der Waals surface area contributed by atoms with Crippen LogP contribution < -0.4 is 0 Å². The molecule has 0 aliphatic rings. The number of nitrogens with zero attached hydrogens (tertiary/aromatic N) is 2. The average Bonchev–Trinajstić information content (AvgIpc) is 2.91. The molecule has 0 atom stereocenters. The first-order valence-corrected chi connectivity index (χ1v) is 6.04. The van der Waals surface area contributed by atoms with Gasteiger partial charge in [0, 0.05) is 0 Å². The Kier molecular flexibility index (Phi) is 2.95. The molecule has 1 heterocycles. The molecular weight excluding hydrogens is 259 g/mol. The molecule has 20 heavy (non-hydrogen) atoms. The number of aryl methyl sites for hydroxylation is 1. The molecule has 100 valence electrons. The summed E-state index contributed by atoms with van der Waals surface area (Å²) in [5.74, 6) is -0.0730. The van der Waals surface area contributed by atoms with Crippen molar-refractivity contribution in [1.29, 1.82) is 0 Å². The summed E-state index contributed by atoms with van der Waals surface area (Å²) >= 11 is 0. The fourth-order valence-electron chi connectivity index (χ4n) is 1.91. The highest BCUT2D eigenvalue weighted by atomic mass is 19.1. The standard InChI is InChI=1S/C15H11FN2O2/c1-9-6-7-13(19)11(8-9)15-17-14(18-20-15)10-4-2-3-5-12(10)16/h2-8,19H,1H3. The Hall–Kier alpha value is -2.69. The Balaban J connectivity index is 2.07. The van der Waals surface area contributed by atoms with Crippen molar-refractivity contribution in [3.63, 3.8) is 0 Å². The van der Waals surface area contributed by atoms with Gasteiger partial charge in [0.25, 0.3) is 5.89 Å². The molecule has 0 amide bonds. The lowest BCUT2D eigenvalue weighted by Crippen LogP contribution is -1.86. The summed E-state index contributed by atoms with van der Waals surface area (Å²) in [6.45, 7) is 1.89.